The summed E-state index contributed by atoms with van der Waals surface area (Å²) in [5, 5.41) is 41.0. The van der Waals surface area contributed by atoms with Crippen molar-refractivity contribution in [3.63, 3.8) is 0 Å². The molecule has 6 heteroatoms. The fourth-order valence-electron chi connectivity index (χ4n) is 4.45. The SMILES string of the molecule is CC1=CC(C)C(O)C=CCCC=CCC(C(C)CC=CCC(O)C(C)C(O)C(C)C(C)O)OC(=O)C(C)=C1. The molecular formula is C32H52O6. The maximum atomic E-state index is 12.9. The normalized spacial score (nSPS) is 27.1. The second-order valence-electron chi connectivity index (χ2n) is 11.2. The zero-order valence-electron chi connectivity index (χ0n) is 24.5. The van der Waals surface area contributed by atoms with Crippen LogP contribution in [-0.2, 0) is 9.53 Å². The van der Waals surface area contributed by atoms with Crippen molar-refractivity contribution in [2.24, 2.45) is 23.7 Å². The predicted molar refractivity (Wildman–Crippen MR) is 154 cm³/mol. The average Bonchev–Trinajstić information content (AvgIpc) is 2.86. The zero-order chi connectivity index (χ0) is 28.8. The third-order valence-electron chi connectivity index (χ3n) is 7.59. The summed E-state index contributed by atoms with van der Waals surface area (Å²) in [5.74, 6) is -1.04. The molecule has 38 heavy (non-hydrogen) atoms. The minimum absolute atomic E-state index is 0.0636. The van der Waals surface area contributed by atoms with Gasteiger partial charge in [0.05, 0.1) is 24.4 Å². The number of cyclic esters (lactones) is 1. The van der Waals surface area contributed by atoms with Gasteiger partial charge in [0.25, 0.3) is 0 Å². The summed E-state index contributed by atoms with van der Waals surface area (Å²) < 4.78 is 5.93. The molecule has 0 radical (unpaired) electrons. The van der Waals surface area contributed by atoms with Crippen LogP contribution in [0.15, 0.2) is 59.8 Å². The monoisotopic (exact) mass is 532 g/mol. The van der Waals surface area contributed by atoms with Crippen molar-refractivity contribution in [1.29, 1.82) is 0 Å². The van der Waals surface area contributed by atoms with E-state index >= 15 is 0 Å². The first-order valence-corrected chi connectivity index (χ1v) is 14.1. The summed E-state index contributed by atoms with van der Waals surface area (Å²) in [6, 6.07) is 0. The first-order chi connectivity index (χ1) is 17.8. The topological polar surface area (TPSA) is 107 Å². The summed E-state index contributed by atoms with van der Waals surface area (Å²) >= 11 is 0. The highest BCUT2D eigenvalue weighted by Crippen LogP contribution is 2.23. The number of aliphatic hydroxyl groups excluding tert-OH is 4. The summed E-state index contributed by atoms with van der Waals surface area (Å²) in [5.41, 5.74) is 1.42. The quantitative estimate of drug-likeness (QED) is 0.233. The van der Waals surface area contributed by atoms with Gasteiger partial charge >= 0.3 is 5.97 Å². The molecule has 0 fully saturated rings. The van der Waals surface area contributed by atoms with Crippen molar-refractivity contribution >= 4 is 5.97 Å². The van der Waals surface area contributed by atoms with Gasteiger partial charge in [0.15, 0.2) is 0 Å². The molecule has 0 aromatic carbocycles. The molecule has 0 aromatic heterocycles. The minimum Gasteiger partial charge on any atom is -0.458 e. The zero-order valence-corrected chi connectivity index (χ0v) is 24.5. The Morgan fingerprint density at radius 1 is 0.974 bits per heavy atom. The minimum atomic E-state index is -0.791. The van der Waals surface area contributed by atoms with Gasteiger partial charge in [-0.1, -0.05) is 75.8 Å². The van der Waals surface area contributed by atoms with Gasteiger partial charge in [0.2, 0.25) is 0 Å². The van der Waals surface area contributed by atoms with Crippen LogP contribution in [0.1, 0.15) is 80.6 Å². The average molecular weight is 533 g/mol. The van der Waals surface area contributed by atoms with E-state index in [1.165, 1.54) is 0 Å². The summed E-state index contributed by atoms with van der Waals surface area (Å²) in [6.45, 7) is 12.9. The fraction of sp³-hybridized carbons (Fsp3) is 0.656. The number of rotatable bonds is 9. The third kappa shape index (κ3) is 12.2. The molecule has 0 saturated carbocycles. The van der Waals surface area contributed by atoms with E-state index in [4.69, 9.17) is 4.74 Å². The Labute approximate surface area is 230 Å². The van der Waals surface area contributed by atoms with E-state index in [1.807, 2.05) is 44.2 Å². The molecule has 1 aliphatic rings. The van der Waals surface area contributed by atoms with Gasteiger partial charge in [-0.2, -0.15) is 0 Å². The van der Waals surface area contributed by atoms with Crippen molar-refractivity contribution in [3.8, 4) is 0 Å². The molecule has 0 spiro atoms. The molecule has 0 saturated heterocycles. The van der Waals surface area contributed by atoms with Crippen LogP contribution in [0, 0.1) is 23.7 Å². The number of carbonyl (C=O) groups excluding carboxylic acids is 1. The van der Waals surface area contributed by atoms with Crippen LogP contribution in [0.5, 0.6) is 0 Å². The Bertz CT molecular complexity index is 852. The van der Waals surface area contributed by atoms with Crippen LogP contribution >= 0.6 is 0 Å². The Kier molecular flexibility index (Phi) is 15.7. The molecule has 1 aliphatic heterocycles. The molecule has 1 heterocycles. The van der Waals surface area contributed by atoms with Gasteiger partial charge in [0.1, 0.15) is 6.10 Å². The molecule has 9 unspecified atom stereocenters. The molecule has 6 nitrogen and oxygen atoms in total. The molecule has 0 bridgehead atoms. The Hall–Kier alpha value is -1.99. The molecule has 4 N–H and O–H groups in total. The highest BCUT2D eigenvalue weighted by Gasteiger charge is 2.29. The maximum absolute atomic E-state index is 12.9. The van der Waals surface area contributed by atoms with Crippen molar-refractivity contribution in [2.45, 2.75) is 111 Å². The molecule has 0 amide bonds. The molecule has 9 atom stereocenters. The van der Waals surface area contributed by atoms with E-state index in [9.17, 15) is 25.2 Å². The van der Waals surface area contributed by atoms with Gasteiger partial charge in [-0.3, -0.25) is 0 Å². The van der Waals surface area contributed by atoms with Crippen LogP contribution in [0.2, 0.25) is 0 Å². The van der Waals surface area contributed by atoms with Crippen molar-refractivity contribution in [1.82, 2.24) is 0 Å². The van der Waals surface area contributed by atoms with Crippen LogP contribution in [0.25, 0.3) is 0 Å². The third-order valence-corrected chi connectivity index (χ3v) is 7.59. The number of esters is 1. The van der Waals surface area contributed by atoms with Crippen LogP contribution < -0.4 is 0 Å². The number of hydrogen-bond donors (Lipinski definition) is 4. The molecule has 216 valence electrons. The largest absolute Gasteiger partial charge is 0.458 e. The molecule has 0 aromatic rings. The van der Waals surface area contributed by atoms with Gasteiger partial charge in [0, 0.05) is 29.7 Å². The van der Waals surface area contributed by atoms with Gasteiger partial charge in [-0.15, -0.1) is 0 Å². The number of allylic oxidation sites excluding steroid dienone is 5. The van der Waals surface area contributed by atoms with Crippen molar-refractivity contribution in [3.05, 3.63) is 59.8 Å². The Morgan fingerprint density at radius 2 is 1.61 bits per heavy atom. The Balaban J connectivity index is 2.87. The molecule has 0 aliphatic carbocycles. The number of aliphatic hydroxyl groups is 4. The highest BCUT2D eigenvalue weighted by atomic mass is 16.5. The van der Waals surface area contributed by atoms with E-state index in [2.05, 4.69) is 19.1 Å². The Morgan fingerprint density at radius 3 is 2.26 bits per heavy atom. The smallest absolute Gasteiger partial charge is 0.334 e. The number of hydrogen-bond acceptors (Lipinski definition) is 6. The lowest BCUT2D eigenvalue weighted by molar-refractivity contribution is -0.146. The van der Waals surface area contributed by atoms with E-state index in [-0.39, 0.29) is 35.7 Å². The summed E-state index contributed by atoms with van der Waals surface area (Å²) in [4.78, 5) is 12.9. The number of ether oxygens (including phenoxy) is 1. The van der Waals surface area contributed by atoms with Crippen LogP contribution in [0.4, 0.5) is 0 Å². The number of carbonyl (C=O) groups is 1. The highest BCUT2D eigenvalue weighted by molar-refractivity contribution is 5.88. The standard InChI is InChI=1S/C32H52O6/c1-21-19-23(3)28(34)16-11-9-8-10-12-18-30(38-32(37)24(4)20-21)22(2)15-13-14-17-29(35)26(6)31(36)25(5)27(7)33/h10-14,16,19-20,22-23,25-31,33-36H,8-9,15,17-18H2,1-7H3. The fourth-order valence-corrected chi connectivity index (χ4v) is 4.45. The summed E-state index contributed by atoms with van der Waals surface area (Å²) in [7, 11) is 0. The van der Waals surface area contributed by atoms with Gasteiger partial charge in [-0.25, -0.2) is 4.79 Å². The first kappa shape index (κ1) is 34.0. The van der Waals surface area contributed by atoms with Crippen molar-refractivity contribution in [2.75, 3.05) is 0 Å². The lowest BCUT2D eigenvalue weighted by atomic mass is 9.85. The van der Waals surface area contributed by atoms with Crippen LogP contribution in [0.3, 0.4) is 0 Å². The maximum Gasteiger partial charge on any atom is 0.334 e. The van der Waals surface area contributed by atoms with Crippen molar-refractivity contribution < 1.29 is 30.0 Å². The molecular weight excluding hydrogens is 480 g/mol. The van der Waals surface area contributed by atoms with Gasteiger partial charge in [-0.05, 0) is 58.4 Å². The lowest BCUT2D eigenvalue weighted by Crippen LogP contribution is -2.38. The van der Waals surface area contributed by atoms with Gasteiger partial charge < -0.3 is 25.2 Å². The lowest BCUT2D eigenvalue weighted by Gasteiger charge is -2.29. The predicted octanol–water partition coefficient (Wildman–Crippen LogP) is 5.43. The first-order valence-electron chi connectivity index (χ1n) is 14.1. The van der Waals surface area contributed by atoms with Crippen LogP contribution in [-0.4, -0.2) is 56.9 Å². The van der Waals surface area contributed by atoms with E-state index in [0.717, 1.165) is 18.4 Å². The van der Waals surface area contributed by atoms with E-state index < -0.39 is 24.4 Å². The van der Waals surface area contributed by atoms with E-state index in [0.29, 0.717) is 24.8 Å². The molecule has 1 rings (SSSR count). The van der Waals surface area contributed by atoms with E-state index in [1.54, 1.807) is 33.8 Å². The second-order valence-corrected chi connectivity index (χ2v) is 11.2. The summed E-state index contributed by atoms with van der Waals surface area (Å²) in [6.07, 6.45) is 16.0. The second kappa shape index (κ2) is 17.6.